The molecule has 3 heterocycles. The van der Waals surface area contributed by atoms with Crippen LogP contribution in [0.4, 0.5) is 0 Å². The maximum Gasteiger partial charge on any atom is 0.227 e. The maximum absolute atomic E-state index is 5.54. The number of hydrogen-bond donors (Lipinski definition) is 1. The van der Waals surface area contributed by atoms with Crippen LogP contribution >= 0.6 is 12.4 Å². The quantitative estimate of drug-likeness (QED) is 0.700. The van der Waals surface area contributed by atoms with Crippen molar-refractivity contribution in [2.75, 3.05) is 13.1 Å². The first-order valence-corrected chi connectivity index (χ1v) is 9.81. The third-order valence-electron chi connectivity index (χ3n) is 5.25. The van der Waals surface area contributed by atoms with Crippen LogP contribution in [0.3, 0.4) is 0 Å². The van der Waals surface area contributed by atoms with E-state index in [0.29, 0.717) is 11.7 Å². The molecule has 1 fully saturated rings. The number of aryl methyl sites for hydroxylation is 2. The van der Waals surface area contributed by atoms with E-state index < -0.39 is 0 Å². The van der Waals surface area contributed by atoms with Crippen molar-refractivity contribution in [3.63, 3.8) is 0 Å². The molecule has 0 aliphatic carbocycles. The minimum absolute atomic E-state index is 0. The van der Waals surface area contributed by atoms with E-state index >= 15 is 0 Å². The average Bonchev–Trinajstić information content (AvgIpc) is 3.13. The van der Waals surface area contributed by atoms with Crippen LogP contribution in [0.1, 0.15) is 42.1 Å². The molecule has 3 aromatic rings. The number of benzene rings is 1. The van der Waals surface area contributed by atoms with Gasteiger partial charge in [-0.15, -0.1) is 12.4 Å². The van der Waals surface area contributed by atoms with Gasteiger partial charge in [0.25, 0.3) is 0 Å². The number of halogens is 1. The normalized spacial score (nSPS) is 17.1. The second-order valence-electron chi connectivity index (χ2n) is 7.55. The number of nitrogens with zero attached hydrogens (tertiary/aromatic N) is 4. The highest BCUT2D eigenvalue weighted by Crippen LogP contribution is 2.22. The Morgan fingerprint density at radius 1 is 1.18 bits per heavy atom. The molecule has 28 heavy (non-hydrogen) atoms. The summed E-state index contributed by atoms with van der Waals surface area (Å²) >= 11 is 0. The fraction of sp³-hybridized carbons (Fsp3) is 0.476. The van der Waals surface area contributed by atoms with E-state index in [-0.39, 0.29) is 12.4 Å². The molecular formula is C21H28ClN5O. The summed E-state index contributed by atoms with van der Waals surface area (Å²) < 4.78 is 7.57. The fourth-order valence-electron chi connectivity index (χ4n) is 3.81. The number of hydrogen-bond acceptors (Lipinski definition) is 5. The van der Waals surface area contributed by atoms with Gasteiger partial charge in [-0.1, -0.05) is 23.4 Å². The van der Waals surface area contributed by atoms with E-state index in [4.69, 9.17) is 4.52 Å². The minimum Gasteiger partial charge on any atom is -0.339 e. The topological polar surface area (TPSA) is 68.8 Å². The van der Waals surface area contributed by atoms with Gasteiger partial charge in [0.1, 0.15) is 0 Å². The Morgan fingerprint density at radius 2 is 2.07 bits per heavy atom. The average molecular weight is 402 g/mol. The van der Waals surface area contributed by atoms with Gasteiger partial charge in [0.05, 0.1) is 12.2 Å². The molecule has 0 radical (unpaired) electrons. The van der Waals surface area contributed by atoms with Crippen molar-refractivity contribution in [3.8, 4) is 11.4 Å². The van der Waals surface area contributed by atoms with E-state index in [2.05, 4.69) is 45.7 Å². The van der Waals surface area contributed by atoms with Crippen LogP contribution < -0.4 is 5.32 Å². The molecule has 1 aliphatic heterocycles. The Balaban J connectivity index is 0.00000225. The van der Waals surface area contributed by atoms with Crippen molar-refractivity contribution >= 4 is 12.4 Å². The second kappa shape index (κ2) is 9.34. The van der Waals surface area contributed by atoms with Gasteiger partial charge in [0.15, 0.2) is 0 Å². The van der Waals surface area contributed by atoms with Crippen molar-refractivity contribution in [2.24, 2.45) is 5.92 Å². The first kappa shape index (κ1) is 20.6. The highest BCUT2D eigenvalue weighted by atomic mass is 35.5. The first-order chi connectivity index (χ1) is 13.2. The summed E-state index contributed by atoms with van der Waals surface area (Å²) in [5, 5.41) is 12.2. The highest BCUT2D eigenvalue weighted by molar-refractivity contribution is 5.85. The zero-order chi connectivity index (χ0) is 18.6. The number of rotatable bonds is 5. The van der Waals surface area contributed by atoms with Gasteiger partial charge in [-0.2, -0.15) is 10.1 Å². The minimum atomic E-state index is 0. The van der Waals surface area contributed by atoms with Crippen molar-refractivity contribution in [3.05, 3.63) is 53.2 Å². The molecule has 0 amide bonds. The first-order valence-electron chi connectivity index (χ1n) is 9.81. The molecule has 150 valence electrons. The van der Waals surface area contributed by atoms with Gasteiger partial charge in [-0.05, 0) is 69.8 Å². The largest absolute Gasteiger partial charge is 0.339 e. The van der Waals surface area contributed by atoms with Gasteiger partial charge in [0.2, 0.25) is 11.7 Å². The van der Waals surface area contributed by atoms with E-state index in [1.54, 1.807) is 0 Å². The van der Waals surface area contributed by atoms with Crippen molar-refractivity contribution in [2.45, 2.75) is 46.1 Å². The number of nitrogens with one attached hydrogen (secondary N) is 1. The fourth-order valence-corrected chi connectivity index (χ4v) is 3.81. The van der Waals surface area contributed by atoms with Gasteiger partial charge >= 0.3 is 0 Å². The van der Waals surface area contributed by atoms with Crippen LogP contribution in [0.2, 0.25) is 0 Å². The summed E-state index contributed by atoms with van der Waals surface area (Å²) in [4.78, 5) is 4.65. The van der Waals surface area contributed by atoms with E-state index in [9.17, 15) is 0 Å². The summed E-state index contributed by atoms with van der Waals surface area (Å²) in [7, 11) is 0. The van der Waals surface area contributed by atoms with Crippen molar-refractivity contribution in [1.82, 2.24) is 25.2 Å². The Morgan fingerprint density at radius 3 is 2.89 bits per heavy atom. The standard InChI is InChI=1S/C21H27N5O.ClH/c1-15-11-16(2)26(24-15)14-18-5-3-7-19(12-18)21-23-20(27-25-21)13-17-6-4-9-22-10-8-17;/h3,5,7,11-12,17,22H,4,6,8-10,13-14H2,1-2H3;1H. The molecule has 2 aromatic heterocycles. The lowest BCUT2D eigenvalue weighted by Gasteiger charge is -2.09. The van der Waals surface area contributed by atoms with Crippen LogP contribution in [-0.4, -0.2) is 33.0 Å². The molecule has 1 aromatic carbocycles. The third kappa shape index (κ3) is 5.00. The van der Waals surface area contributed by atoms with Gasteiger partial charge in [-0.3, -0.25) is 4.68 Å². The summed E-state index contributed by atoms with van der Waals surface area (Å²) in [5.74, 6) is 2.05. The predicted octanol–water partition coefficient (Wildman–Crippen LogP) is 3.95. The molecule has 0 bridgehead atoms. The second-order valence-corrected chi connectivity index (χ2v) is 7.55. The molecule has 0 saturated carbocycles. The molecule has 1 aliphatic rings. The molecule has 7 heteroatoms. The zero-order valence-electron chi connectivity index (χ0n) is 16.5. The van der Waals surface area contributed by atoms with Crippen LogP contribution in [0.25, 0.3) is 11.4 Å². The Labute approximate surface area is 172 Å². The monoisotopic (exact) mass is 401 g/mol. The Bertz CT molecular complexity index is 896. The summed E-state index contributed by atoms with van der Waals surface area (Å²) in [6.45, 7) is 7.05. The third-order valence-corrected chi connectivity index (χ3v) is 5.25. The van der Waals surface area contributed by atoms with E-state index in [1.165, 1.54) is 24.8 Å². The van der Waals surface area contributed by atoms with Crippen LogP contribution in [0.15, 0.2) is 34.9 Å². The lowest BCUT2D eigenvalue weighted by molar-refractivity contribution is 0.341. The molecule has 6 nitrogen and oxygen atoms in total. The van der Waals surface area contributed by atoms with Gasteiger partial charge in [0, 0.05) is 17.7 Å². The lowest BCUT2D eigenvalue weighted by Crippen LogP contribution is -2.14. The molecule has 1 N–H and O–H groups in total. The molecule has 4 rings (SSSR count). The van der Waals surface area contributed by atoms with Crippen molar-refractivity contribution in [1.29, 1.82) is 0 Å². The van der Waals surface area contributed by atoms with Gasteiger partial charge < -0.3 is 9.84 Å². The molecule has 1 atom stereocenters. The molecule has 1 saturated heterocycles. The smallest absolute Gasteiger partial charge is 0.227 e. The van der Waals surface area contributed by atoms with Crippen LogP contribution in [-0.2, 0) is 13.0 Å². The highest BCUT2D eigenvalue weighted by Gasteiger charge is 2.17. The van der Waals surface area contributed by atoms with Gasteiger partial charge in [-0.25, -0.2) is 0 Å². The van der Waals surface area contributed by atoms with E-state index in [0.717, 1.165) is 48.9 Å². The maximum atomic E-state index is 5.54. The zero-order valence-corrected chi connectivity index (χ0v) is 17.3. The van der Waals surface area contributed by atoms with Crippen LogP contribution in [0, 0.1) is 19.8 Å². The predicted molar refractivity (Wildman–Crippen MR) is 112 cm³/mol. The molecular weight excluding hydrogens is 374 g/mol. The summed E-state index contributed by atoms with van der Waals surface area (Å²) in [5.41, 5.74) is 4.38. The SMILES string of the molecule is Cc1cc(C)n(Cc2cccc(-c3noc(CC4CCCNCC4)n3)c2)n1.Cl. The summed E-state index contributed by atoms with van der Waals surface area (Å²) in [6, 6.07) is 10.4. The summed E-state index contributed by atoms with van der Waals surface area (Å²) in [6.07, 6.45) is 4.50. The van der Waals surface area contributed by atoms with Crippen molar-refractivity contribution < 1.29 is 4.52 Å². The lowest BCUT2D eigenvalue weighted by atomic mass is 9.97. The molecule has 1 unspecified atom stereocenters. The van der Waals surface area contributed by atoms with E-state index in [1.807, 2.05) is 23.7 Å². The Kier molecular flexibility index (Phi) is 6.86. The number of aromatic nitrogens is 4. The van der Waals surface area contributed by atoms with Crippen LogP contribution in [0.5, 0.6) is 0 Å². The Hall–Kier alpha value is -2.18. The molecule has 0 spiro atoms.